The number of halogens is 1. The molecular formula is C20H20ClN. The van der Waals surface area contributed by atoms with Crippen molar-refractivity contribution < 1.29 is 0 Å². The SMILES string of the molecule is Clc1ccc(CN2CC=C(/C=C/c3ccccc3)CC2)cc1. The van der Waals surface area contributed by atoms with Crippen LogP contribution >= 0.6 is 11.6 Å². The van der Waals surface area contributed by atoms with E-state index in [4.69, 9.17) is 11.6 Å². The van der Waals surface area contributed by atoms with Crippen LogP contribution in [0, 0.1) is 0 Å². The minimum Gasteiger partial charge on any atom is -0.295 e. The lowest BCUT2D eigenvalue weighted by molar-refractivity contribution is 0.287. The maximum atomic E-state index is 5.93. The lowest BCUT2D eigenvalue weighted by atomic mass is 10.1. The van der Waals surface area contributed by atoms with Gasteiger partial charge in [0.2, 0.25) is 0 Å². The van der Waals surface area contributed by atoms with Gasteiger partial charge in [0, 0.05) is 24.7 Å². The molecule has 0 saturated heterocycles. The molecule has 0 fully saturated rings. The third kappa shape index (κ3) is 4.33. The molecular weight excluding hydrogens is 290 g/mol. The van der Waals surface area contributed by atoms with E-state index in [1.807, 2.05) is 18.2 Å². The van der Waals surface area contributed by atoms with Gasteiger partial charge in [-0.3, -0.25) is 4.90 Å². The molecule has 3 rings (SSSR count). The molecule has 1 aliphatic rings. The molecule has 22 heavy (non-hydrogen) atoms. The average Bonchev–Trinajstić information content (AvgIpc) is 2.57. The predicted molar refractivity (Wildman–Crippen MR) is 94.9 cm³/mol. The Morgan fingerprint density at radius 3 is 2.41 bits per heavy atom. The zero-order chi connectivity index (χ0) is 15.2. The second-order valence-electron chi connectivity index (χ2n) is 5.63. The van der Waals surface area contributed by atoms with E-state index in [2.05, 4.69) is 59.5 Å². The first-order valence-corrected chi connectivity index (χ1v) is 8.06. The van der Waals surface area contributed by atoms with E-state index in [0.29, 0.717) is 0 Å². The van der Waals surface area contributed by atoms with Crippen LogP contribution in [0.1, 0.15) is 17.5 Å². The molecule has 0 saturated carbocycles. The second kappa shape index (κ2) is 7.44. The maximum Gasteiger partial charge on any atom is 0.0406 e. The summed E-state index contributed by atoms with van der Waals surface area (Å²) in [5.41, 5.74) is 4.00. The molecule has 1 nitrogen and oxygen atoms in total. The van der Waals surface area contributed by atoms with Crippen LogP contribution < -0.4 is 0 Å². The van der Waals surface area contributed by atoms with Crippen LogP contribution in [0.15, 0.2) is 72.3 Å². The Hall–Kier alpha value is -1.83. The van der Waals surface area contributed by atoms with Gasteiger partial charge in [0.15, 0.2) is 0 Å². The third-order valence-electron chi connectivity index (χ3n) is 3.94. The van der Waals surface area contributed by atoms with Crippen molar-refractivity contribution in [2.75, 3.05) is 13.1 Å². The summed E-state index contributed by atoms with van der Waals surface area (Å²) in [7, 11) is 0. The quantitative estimate of drug-likeness (QED) is 0.751. The van der Waals surface area contributed by atoms with Gasteiger partial charge in [-0.05, 0) is 35.3 Å². The Kier molecular flexibility index (Phi) is 5.10. The molecule has 0 bridgehead atoms. The van der Waals surface area contributed by atoms with Crippen LogP contribution in [0.25, 0.3) is 6.08 Å². The fourth-order valence-electron chi connectivity index (χ4n) is 2.64. The van der Waals surface area contributed by atoms with Gasteiger partial charge in [0.05, 0.1) is 0 Å². The Morgan fingerprint density at radius 1 is 0.955 bits per heavy atom. The predicted octanol–water partition coefficient (Wildman–Crippen LogP) is 5.19. The van der Waals surface area contributed by atoms with Gasteiger partial charge in [-0.15, -0.1) is 0 Å². The third-order valence-corrected chi connectivity index (χ3v) is 4.19. The molecule has 0 aliphatic carbocycles. The summed E-state index contributed by atoms with van der Waals surface area (Å²) >= 11 is 5.93. The van der Waals surface area contributed by atoms with Crippen molar-refractivity contribution in [2.24, 2.45) is 0 Å². The highest BCUT2D eigenvalue weighted by atomic mass is 35.5. The van der Waals surface area contributed by atoms with Crippen LogP contribution in [-0.2, 0) is 6.54 Å². The number of allylic oxidation sites excluding steroid dienone is 1. The molecule has 0 spiro atoms. The number of rotatable bonds is 4. The zero-order valence-corrected chi connectivity index (χ0v) is 13.3. The molecule has 0 radical (unpaired) electrons. The number of hydrogen-bond donors (Lipinski definition) is 0. The fourth-order valence-corrected chi connectivity index (χ4v) is 2.76. The summed E-state index contributed by atoms with van der Waals surface area (Å²) in [5.74, 6) is 0. The van der Waals surface area contributed by atoms with Gasteiger partial charge in [-0.2, -0.15) is 0 Å². The number of benzene rings is 2. The monoisotopic (exact) mass is 309 g/mol. The van der Waals surface area contributed by atoms with E-state index in [1.54, 1.807) is 0 Å². The number of hydrogen-bond acceptors (Lipinski definition) is 1. The van der Waals surface area contributed by atoms with Gasteiger partial charge < -0.3 is 0 Å². The van der Waals surface area contributed by atoms with Crippen LogP contribution in [0.2, 0.25) is 5.02 Å². The lowest BCUT2D eigenvalue weighted by Gasteiger charge is -2.25. The van der Waals surface area contributed by atoms with Crippen molar-refractivity contribution in [1.82, 2.24) is 4.90 Å². The largest absolute Gasteiger partial charge is 0.295 e. The van der Waals surface area contributed by atoms with E-state index in [9.17, 15) is 0 Å². The molecule has 0 N–H and O–H groups in total. The minimum absolute atomic E-state index is 0.802. The minimum atomic E-state index is 0.802. The van der Waals surface area contributed by atoms with E-state index in [0.717, 1.165) is 31.1 Å². The molecule has 0 aromatic heterocycles. The van der Waals surface area contributed by atoms with Gasteiger partial charge in [0.1, 0.15) is 0 Å². The molecule has 0 unspecified atom stereocenters. The Labute approximate surface area is 137 Å². The second-order valence-corrected chi connectivity index (χ2v) is 6.07. The van der Waals surface area contributed by atoms with Gasteiger partial charge in [0.25, 0.3) is 0 Å². The normalized spacial score (nSPS) is 16.0. The summed E-state index contributed by atoms with van der Waals surface area (Å²) in [6.45, 7) is 3.11. The first-order chi connectivity index (χ1) is 10.8. The summed E-state index contributed by atoms with van der Waals surface area (Å²) in [6, 6.07) is 18.6. The molecule has 2 heteroatoms. The van der Waals surface area contributed by atoms with Crippen molar-refractivity contribution in [3.63, 3.8) is 0 Å². The summed E-state index contributed by atoms with van der Waals surface area (Å²) in [4.78, 5) is 2.46. The van der Waals surface area contributed by atoms with Gasteiger partial charge in [-0.1, -0.05) is 72.3 Å². The standard InChI is InChI=1S/C20H20ClN/c21-20-10-8-19(9-11-20)16-22-14-12-18(13-15-22)7-6-17-4-2-1-3-5-17/h1-12H,13-16H2/b7-6+. The molecule has 0 amide bonds. The summed E-state index contributed by atoms with van der Waals surface area (Å²) in [6.07, 6.45) is 7.88. The smallest absolute Gasteiger partial charge is 0.0406 e. The first kappa shape index (κ1) is 15.1. The van der Waals surface area contributed by atoms with Crippen molar-refractivity contribution in [2.45, 2.75) is 13.0 Å². The first-order valence-electron chi connectivity index (χ1n) is 7.68. The number of nitrogens with zero attached hydrogens (tertiary/aromatic N) is 1. The molecule has 112 valence electrons. The van der Waals surface area contributed by atoms with E-state index < -0.39 is 0 Å². The van der Waals surface area contributed by atoms with Crippen LogP contribution in [0.3, 0.4) is 0 Å². The summed E-state index contributed by atoms with van der Waals surface area (Å²) < 4.78 is 0. The van der Waals surface area contributed by atoms with E-state index in [-0.39, 0.29) is 0 Å². The van der Waals surface area contributed by atoms with Crippen LogP contribution in [0.4, 0.5) is 0 Å². The van der Waals surface area contributed by atoms with Crippen LogP contribution in [-0.4, -0.2) is 18.0 Å². The van der Waals surface area contributed by atoms with Crippen molar-refractivity contribution >= 4 is 17.7 Å². The Bertz CT molecular complexity index is 656. The zero-order valence-electron chi connectivity index (χ0n) is 12.6. The lowest BCUT2D eigenvalue weighted by Crippen LogP contribution is -2.27. The van der Waals surface area contributed by atoms with E-state index in [1.165, 1.54) is 16.7 Å². The van der Waals surface area contributed by atoms with Crippen molar-refractivity contribution in [3.05, 3.63) is 88.5 Å². The molecule has 2 aromatic carbocycles. The van der Waals surface area contributed by atoms with E-state index >= 15 is 0 Å². The highest BCUT2D eigenvalue weighted by Crippen LogP contribution is 2.17. The summed E-state index contributed by atoms with van der Waals surface area (Å²) in [5, 5.41) is 0.802. The van der Waals surface area contributed by atoms with Gasteiger partial charge >= 0.3 is 0 Å². The highest BCUT2D eigenvalue weighted by molar-refractivity contribution is 6.30. The van der Waals surface area contributed by atoms with Crippen LogP contribution in [0.5, 0.6) is 0 Å². The molecule has 0 atom stereocenters. The molecule has 1 aliphatic heterocycles. The molecule has 2 aromatic rings. The fraction of sp³-hybridized carbons (Fsp3) is 0.200. The molecule has 1 heterocycles. The Morgan fingerprint density at radius 2 is 1.73 bits per heavy atom. The van der Waals surface area contributed by atoms with Crippen molar-refractivity contribution in [1.29, 1.82) is 0 Å². The Balaban J connectivity index is 1.55. The van der Waals surface area contributed by atoms with Gasteiger partial charge in [-0.25, -0.2) is 0 Å². The maximum absolute atomic E-state index is 5.93. The van der Waals surface area contributed by atoms with Crippen molar-refractivity contribution in [3.8, 4) is 0 Å². The average molecular weight is 310 g/mol. The highest BCUT2D eigenvalue weighted by Gasteiger charge is 2.10. The topological polar surface area (TPSA) is 3.24 Å².